The molecule has 0 heterocycles. The van der Waals surface area contributed by atoms with Crippen LogP contribution in [0.4, 0.5) is 0 Å². The van der Waals surface area contributed by atoms with Crippen molar-refractivity contribution in [1.82, 2.24) is 0 Å². The molecule has 0 atom stereocenters. The smallest absolute Gasteiger partial charge is 0.0609 e. The molecule has 4 heteroatoms. The Morgan fingerprint density at radius 1 is 0.565 bits per heavy atom. The van der Waals surface area contributed by atoms with Crippen molar-refractivity contribution in [1.29, 1.82) is 0 Å². The third-order valence-corrected chi connectivity index (χ3v) is 5.32. The zero-order valence-corrected chi connectivity index (χ0v) is 16.9. The minimum atomic E-state index is -0.739. The van der Waals surface area contributed by atoms with Gasteiger partial charge in [-0.05, 0) is 53.1 Å². The van der Waals surface area contributed by atoms with Crippen molar-refractivity contribution in [3.63, 3.8) is 0 Å². The predicted octanol–water partition coefficient (Wildman–Crippen LogP) is 6.43. The number of benzene rings is 3. The molecular weight excluding hydrogens is 479 g/mol. The van der Waals surface area contributed by atoms with Crippen LogP contribution in [0.15, 0.2) is 86.2 Å². The topological polar surface area (TPSA) is 0 Å². The Morgan fingerprint density at radius 3 is 1.13 bits per heavy atom. The van der Waals surface area contributed by atoms with Crippen molar-refractivity contribution in [3.05, 3.63) is 103 Å². The largest absolute Gasteiger partial charge is 0.0940 e. The second kappa shape index (κ2) is 6.96. The quantitative estimate of drug-likeness (QED) is 0.293. The molecule has 112 valence electrons. The van der Waals surface area contributed by atoms with Gasteiger partial charge in [0.15, 0.2) is 0 Å². The third-order valence-electron chi connectivity index (χ3n) is 3.84. The molecule has 3 aromatic rings. The van der Waals surface area contributed by atoms with Crippen LogP contribution in [0.25, 0.3) is 0 Å². The van der Waals surface area contributed by atoms with Gasteiger partial charge in [0.2, 0.25) is 0 Å². The zero-order chi connectivity index (χ0) is 16.4. The highest BCUT2D eigenvalue weighted by Crippen LogP contribution is 2.38. The Bertz CT molecular complexity index is 734. The van der Waals surface area contributed by atoms with Crippen LogP contribution < -0.4 is 0 Å². The van der Waals surface area contributed by atoms with E-state index in [0.717, 1.165) is 30.1 Å². The molecule has 0 nitrogen and oxygen atoms in total. The van der Waals surface area contributed by atoms with Gasteiger partial charge in [-0.2, -0.15) is 0 Å². The summed E-state index contributed by atoms with van der Waals surface area (Å²) < 4.78 is 3.03. The molecule has 0 aliphatic carbocycles. The number of halogens is 3. The SMILES string of the molecule is [B]C(c1cccc(Br)c1)(c1cccc(Br)c1)c1cccc(Br)c1. The Kier molecular flexibility index (Phi) is 5.15. The van der Waals surface area contributed by atoms with E-state index in [1.54, 1.807) is 0 Å². The fraction of sp³-hybridized carbons (Fsp3) is 0.0526. The molecule has 0 aliphatic heterocycles. The van der Waals surface area contributed by atoms with Crippen LogP contribution in [0.2, 0.25) is 0 Å². The summed E-state index contributed by atoms with van der Waals surface area (Å²) in [6.45, 7) is 0. The van der Waals surface area contributed by atoms with Crippen LogP contribution in [0.3, 0.4) is 0 Å². The van der Waals surface area contributed by atoms with Crippen molar-refractivity contribution in [2.75, 3.05) is 0 Å². The van der Waals surface area contributed by atoms with E-state index >= 15 is 0 Å². The minimum Gasteiger partial charge on any atom is -0.0609 e. The normalized spacial score (nSPS) is 11.4. The van der Waals surface area contributed by atoms with Crippen LogP contribution in [-0.2, 0) is 5.31 Å². The molecule has 0 bridgehead atoms. The molecule has 2 radical (unpaired) electrons. The molecule has 0 saturated carbocycles. The summed E-state index contributed by atoms with van der Waals surface area (Å²) in [7, 11) is 7.01. The summed E-state index contributed by atoms with van der Waals surface area (Å²) >= 11 is 10.7. The molecule has 3 rings (SSSR count). The van der Waals surface area contributed by atoms with Gasteiger partial charge in [-0.1, -0.05) is 84.2 Å². The molecule has 0 saturated heterocycles. The van der Waals surface area contributed by atoms with E-state index in [0.29, 0.717) is 0 Å². The number of hydrogen-bond donors (Lipinski definition) is 0. The lowest BCUT2D eigenvalue weighted by molar-refractivity contribution is 0.874. The predicted molar refractivity (Wildman–Crippen MR) is 108 cm³/mol. The van der Waals surface area contributed by atoms with E-state index in [2.05, 4.69) is 84.2 Å². The second-order valence-electron chi connectivity index (χ2n) is 5.34. The zero-order valence-electron chi connectivity index (χ0n) is 12.1. The number of rotatable bonds is 3. The van der Waals surface area contributed by atoms with Crippen LogP contribution in [0, 0.1) is 0 Å². The summed E-state index contributed by atoms with van der Waals surface area (Å²) in [5.41, 5.74) is 3.09. The molecule has 3 aromatic carbocycles. The van der Waals surface area contributed by atoms with Crippen molar-refractivity contribution in [3.8, 4) is 0 Å². The van der Waals surface area contributed by atoms with Gasteiger partial charge < -0.3 is 0 Å². The fourth-order valence-corrected chi connectivity index (χ4v) is 3.90. The van der Waals surface area contributed by atoms with Crippen molar-refractivity contribution in [2.45, 2.75) is 5.31 Å². The van der Waals surface area contributed by atoms with Crippen LogP contribution >= 0.6 is 47.8 Å². The Labute approximate surface area is 163 Å². The van der Waals surface area contributed by atoms with Crippen LogP contribution in [0.5, 0.6) is 0 Å². The van der Waals surface area contributed by atoms with E-state index in [4.69, 9.17) is 7.85 Å². The van der Waals surface area contributed by atoms with E-state index in [1.807, 2.05) is 36.4 Å². The molecule has 0 spiro atoms. The van der Waals surface area contributed by atoms with Crippen molar-refractivity contribution < 1.29 is 0 Å². The van der Waals surface area contributed by atoms with E-state index in [9.17, 15) is 0 Å². The molecular formula is C19H12BBr3. The summed E-state index contributed by atoms with van der Waals surface area (Å²) in [6.07, 6.45) is 0. The van der Waals surface area contributed by atoms with Gasteiger partial charge in [0.05, 0.1) is 7.85 Å². The lowest BCUT2D eigenvalue weighted by Crippen LogP contribution is -2.29. The average Bonchev–Trinajstić information content (AvgIpc) is 2.54. The Morgan fingerprint density at radius 2 is 0.870 bits per heavy atom. The maximum atomic E-state index is 7.01. The lowest BCUT2D eigenvalue weighted by atomic mass is 9.56. The highest BCUT2D eigenvalue weighted by molar-refractivity contribution is 9.11. The first-order chi connectivity index (χ1) is 11.0. The summed E-state index contributed by atoms with van der Waals surface area (Å²) in [6, 6.07) is 24.4. The van der Waals surface area contributed by atoms with Crippen molar-refractivity contribution in [2.24, 2.45) is 0 Å². The van der Waals surface area contributed by atoms with E-state index < -0.39 is 5.31 Å². The maximum Gasteiger partial charge on any atom is 0.0940 e. The van der Waals surface area contributed by atoms with Gasteiger partial charge in [0.1, 0.15) is 0 Å². The van der Waals surface area contributed by atoms with E-state index in [-0.39, 0.29) is 0 Å². The summed E-state index contributed by atoms with van der Waals surface area (Å²) in [5.74, 6) is 0. The Hall–Kier alpha value is -0.835. The Balaban J connectivity index is 2.29. The van der Waals surface area contributed by atoms with Gasteiger partial charge in [-0.3, -0.25) is 0 Å². The molecule has 23 heavy (non-hydrogen) atoms. The molecule has 0 amide bonds. The third kappa shape index (κ3) is 3.49. The first kappa shape index (κ1) is 17.0. The molecule has 0 fully saturated rings. The van der Waals surface area contributed by atoms with Gasteiger partial charge in [0.25, 0.3) is 0 Å². The average molecular weight is 491 g/mol. The molecule has 0 aromatic heterocycles. The maximum absolute atomic E-state index is 7.01. The molecule has 0 unspecified atom stereocenters. The van der Waals surface area contributed by atoms with Gasteiger partial charge in [-0.25, -0.2) is 0 Å². The van der Waals surface area contributed by atoms with Gasteiger partial charge in [-0.15, -0.1) is 0 Å². The van der Waals surface area contributed by atoms with E-state index in [1.165, 1.54) is 0 Å². The van der Waals surface area contributed by atoms with Gasteiger partial charge >= 0.3 is 0 Å². The second-order valence-corrected chi connectivity index (χ2v) is 8.09. The molecule has 0 aliphatic rings. The van der Waals surface area contributed by atoms with Crippen LogP contribution in [-0.4, -0.2) is 7.85 Å². The van der Waals surface area contributed by atoms with Gasteiger partial charge in [0, 0.05) is 18.7 Å². The first-order valence-electron chi connectivity index (χ1n) is 7.07. The highest BCUT2D eigenvalue weighted by Gasteiger charge is 2.31. The number of hydrogen-bond acceptors (Lipinski definition) is 0. The highest BCUT2D eigenvalue weighted by atomic mass is 79.9. The monoisotopic (exact) mass is 488 g/mol. The van der Waals surface area contributed by atoms with Crippen LogP contribution in [0.1, 0.15) is 16.7 Å². The first-order valence-corrected chi connectivity index (χ1v) is 9.45. The molecule has 0 N–H and O–H groups in total. The lowest BCUT2D eigenvalue weighted by Gasteiger charge is -2.33. The summed E-state index contributed by atoms with van der Waals surface area (Å²) in [4.78, 5) is 0. The standard InChI is InChI=1S/C19H12BBr3/c20-19(13-4-1-7-16(21)10-13,14-5-2-8-17(22)11-14)15-6-3-9-18(23)12-15/h1-12H. The minimum absolute atomic E-state index is 0.739. The van der Waals surface area contributed by atoms with Crippen molar-refractivity contribution >= 4 is 55.6 Å². The summed E-state index contributed by atoms with van der Waals surface area (Å²) in [5, 5.41) is -0.739. The fourth-order valence-electron chi connectivity index (χ4n) is 2.70.